The van der Waals surface area contributed by atoms with Gasteiger partial charge in [0.05, 0.1) is 5.25 Å². The van der Waals surface area contributed by atoms with Gasteiger partial charge in [-0.25, -0.2) is 0 Å². The van der Waals surface area contributed by atoms with Gasteiger partial charge in [-0.1, -0.05) is 25.7 Å². The lowest BCUT2D eigenvalue weighted by atomic mass is 9.75. The number of hydrogen-bond acceptors (Lipinski definition) is 3. The Morgan fingerprint density at radius 2 is 1.95 bits per heavy atom. The number of carbonyl (C=O) groups excluding carboxylic acids is 1. The second-order valence-corrected chi connectivity index (χ2v) is 8.13. The molecule has 114 valence electrons. The molecular formula is C16H28N2OS. The molecule has 3 nitrogen and oxygen atoms in total. The van der Waals surface area contributed by atoms with E-state index >= 15 is 0 Å². The van der Waals surface area contributed by atoms with Gasteiger partial charge in [-0.15, -0.1) is 11.8 Å². The maximum Gasteiger partial charge on any atom is 0.233 e. The first-order chi connectivity index (χ1) is 9.77. The number of amides is 1. The van der Waals surface area contributed by atoms with Crippen molar-refractivity contribution in [1.29, 1.82) is 0 Å². The molecule has 1 aliphatic carbocycles. The molecule has 0 radical (unpaired) electrons. The van der Waals surface area contributed by atoms with Crippen molar-refractivity contribution in [1.82, 2.24) is 10.6 Å². The highest BCUT2D eigenvalue weighted by Gasteiger charge is 2.37. The summed E-state index contributed by atoms with van der Waals surface area (Å²) in [6.07, 6.45) is 12.5. The van der Waals surface area contributed by atoms with E-state index in [2.05, 4.69) is 10.6 Å². The summed E-state index contributed by atoms with van der Waals surface area (Å²) in [5.74, 6) is 1.47. The molecule has 2 atom stereocenters. The van der Waals surface area contributed by atoms with Crippen molar-refractivity contribution in [3.63, 3.8) is 0 Å². The average molecular weight is 296 g/mol. The van der Waals surface area contributed by atoms with Crippen LogP contribution in [0.5, 0.6) is 0 Å². The van der Waals surface area contributed by atoms with Gasteiger partial charge in [-0.2, -0.15) is 0 Å². The van der Waals surface area contributed by atoms with Gasteiger partial charge in [-0.3, -0.25) is 4.79 Å². The van der Waals surface area contributed by atoms with E-state index < -0.39 is 0 Å². The fourth-order valence-electron chi connectivity index (χ4n) is 4.13. The fraction of sp³-hybridized carbons (Fsp3) is 0.938. The minimum absolute atomic E-state index is 0.223. The molecule has 3 rings (SSSR count). The number of nitrogens with one attached hydrogen (secondary N) is 2. The van der Waals surface area contributed by atoms with Crippen molar-refractivity contribution < 1.29 is 4.79 Å². The Hall–Kier alpha value is -0.220. The lowest BCUT2D eigenvalue weighted by Gasteiger charge is -2.45. The Bertz CT molecular complexity index is 330. The largest absolute Gasteiger partial charge is 0.352 e. The number of thioether (sulfide) groups is 1. The van der Waals surface area contributed by atoms with Crippen LogP contribution < -0.4 is 10.6 Å². The van der Waals surface area contributed by atoms with Crippen LogP contribution in [0.15, 0.2) is 0 Å². The zero-order valence-electron chi connectivity index (χ0n) is 12.5. The average Bonchev–Trinajstić information content (AvgIpc) is 2.49. The third-order valence-electron chi connectivity index (χ3n) is 5.26. The van der Waals surface area contributed by atoms with Crippen molar-refractivity contribution in [3.05, 3.63) is 0 Å². The molecule has 0 aromatic heterocycles. The molecule has 2 unspecified atom stereocenters. The van der Waals surface area contributed by atoms with Gasteiger partial charge in [0.15, 0.2) is 0 Å². The maximum absolute atomic E-state index is 12.4. The minimum Gasteiger partial charge on any atom is -0.352 e. The van der Waals surface area contributed by atoms with Crippen molar-refractivity contribution in [2.45, 2.75) is 81.0 Å². The Balaban J connectivity index is 1.52. The first-order valence-electron chi connectivity index (χ1n) is 8.44. The van der Waals surface area contributed by atoms with Crippen LogP contribution in [-0.2, 0) is 4.79 Å². The Morgan fingerprint density at radius 3 is 2.70 bits per heavy atom. The van der Waals surface area contributed by atoms with E-state index in [1.807, 2.05) is 11.8 Å². The molecule has 2 N–H and O–H groups in total. The van der Waals surface area contributed by atoms with Gasteiger partial charge in [0.25, 0.3) is 0 Å². The highest BCUT2D eigenvalue weighted by Crippen LogP contribution is 2.35. The summed E-state index contributed by atoms with van der Waals surface area (Å²) in [5.41, 5.74) is 0.341. The molecule has 1 amide bonds. The first-order valence-corrected chi connectivity index (χ1v) is 9.49. The lowest BCUT2D eigenvalue weighted by molar-refractivity contribution is -0.121. The van der Waals surface area contributed by atoms with Crippen molar-refractivity contribution in [2.75, 3.05) is 12.3 Å². The molecule has 3 fully saturated rings. The standard InChI is InChI=1S/C16H28N2OS/c19-15(14-6-2-5-11-20-14)18-13-7-10-17-16(12-13)8-3-1-4-9-16/h13-14,17H,1-12H2,(H,18,19). The smallest absolute Gasteiger partial charge is 0.233 e. The van der Waals surface area contributed by atoms with Gasteiger partial charge >= 0.3 is 0 Å². The predicted molar refractivity (Wildman–Crippen MR) is 85.1 cm³/mol. The Labute approximate surface area is 127 Å². The molecule has 2 saturated heterocycles. The van der Waals surface area contributed by atoms with Gasteiger partial charge in [0, 0.05) is 11.6 Å². The second-order valence-electron chi connectivity index (χ2n) is 6.82. The summed E-state index contributed by atoms with van der Waals surface area (Å²) in [4.78, 5) is 12.4. The van der Waals surface area contributed by atoms with Crippen LogP contribution in [0.25, 0.3) is 0 Å². The highest BCUT2D eigenvalue weighted by atomic mass is 32.2. The topological polar surface area (TPSA) is 41.1 Å². The fourth-order valence-corrected chi connectivity index (χ4v) is 5.34. The number of rotatable bonds is 2. The summed E-state index contributed by atoms with van der Waals surface area (Å²) >= 11 is 1.86. The molecule has 0 aromatic rings. The van der Waals surface area contributed by atoms with Gasteiger partial charge < -0.3 is 10.6 Å². The third-order valence-corrected chi connectivity index (χ3v) is 6.64. The van der Waals surface area contributed by atoms with Crippen LogP contribution in [0.4, 0.5) is 0 Å². The number of hydrogen-bond donors (Lipinski definition) is 2. The van der Waals surface area contributed by atoms with E-state index in [4.69, 9.17) is 0 Å². The van der Waals surface area contributed by atoms with E-state index in [1.54, 1.807) is 0 Å². The second kappa shape index (κ2) is 6.69. The normalized spacial score (nSPS) is 33.8. The summed E-state index contributed by atoms with van der Waals surface area (Å²) in [5, 5.41) is 7.34. The van der Waals surface area contributed by atoms with Gasteiger partial charge in [0.2, 0.25) is 5.91 Å². The van der Waals surface area contributed by atoms with Crippen LogP contribution in [0.2, 0.25) is 0 Å². The molecule has 2 heterocycles. The van der Waals surface area contributed by atoms with E-state index in [0.29, 0.717) is 17.5 Å². The van der Waals surface area contributed by atoms with E-state index in [0.717, 1.165) is 31.6 Å². The molecule has 1 saturated carbocycles. The zero-order valence-corrected chi connectivity index (χ0v) is 13.3. The SMILES string of the molecule is O=C(NC1CCNC2(CCCCC2)C1)C1CCCCS1. The van der Waals surface area contributed by atoms with Crippen molar-refractivity contribution >= 4 is 17.7 Å². The number of carbonyl (C=O) groups is 1. The molecule has 4 heteroatoms. The molecular weight excluding hydrogens is 268 g/mol. The Kier molecular flexibility index (Phi) is 4.92. The van der Waals surface area contributed by atoms with Crippen LogP contribution in [0.1, 0.15) is 64.2 Å². The van der Waals surface area contributed by atoms with Crippen molar-refractivity contribution in [2.24, 2.45) is 0 Å². The third kappa shape index (κ3) is 3.51. The monoisotopic (exact) mass is 296 g/mol. The van der Waals surface area contributed by atoms with E-state index in [-0.39, 0.29) is 5.25 Å². The molecule has 3 aliphatic rings. The van der Waals surface area contributed by atoms with Crippen LogP contribution in [0.3, 0.4) is 0 Å². The lowest BCUT2D eigenvalue weighted by Crippen LogP contribution is -2.57. The minimum atomic E-state index is 0.223. The number of piperidine rings is 1. The van der Waals surface area contributed by atoms with Crippen LogP contribution >= 0.6 is 11.8 Å². The summed E-state index contributed by atoms with van der Waals surface area (Å²) < 4.78 is 0. The van der Waals surface area contributed by atoms with E-state index in [9.17, 15) is 4.79 Å². The molecule has 1 spiro atoms. The summed E-state index contributed by atoms with van der Waals surface area (Å²) in [6, 6.07) is 0.407. The molecule has 20 heavy (non-hydrogen) atoms. The van der Waals surface area contributed by atoms with Gasteiger partial charge in [-0.05, 0) is 50.8 Å². The first kappa shape index (κ1) is 14.7. The van der Waals surface area contributed by atoms with Crippen LogP contribution in [-0.4, -0.2) is 35.0 Å². The molecule has 0 aromatic carbocycles. The summed E-state index contributed by atoms with van der Waals surface area (Å²) in [7, 11) is 0. The highest BCUT2D eigenvalue weighted by molar-refractivity contribution is 8.00. The molecule has 0 bridgehead atoms. The van der Waals surface area contributed by atoms with Crippen molar-refractivity contribution in [3.8, 4) is 0 Å². The summed E-state index contributed by atoms with van der Waals surface area (Å²) in [6.45, 7) is 1.07. The Morgan fingerprint density at radius 1 is 1.10 bits per heavy atom. The van der Waals surface area contributed by atoms with Gasteiger partial charge in [0.1, 0.15) is 0 Å². The quantitative estimate of drug-likeness (QED) is 0.823. The van der Waals surface area contributed by atoms with Crippen LogP contribution in [0, 0.1) is 0 Å². The zero-order chi connectivity index (χ0) is 13.8. The maximum atomic E-state index is 12.4. The van der Waals surface area contributed by atoms with E-state index in [1.165, 1.54) is 44.9 Å². The molecule has 2 aliphatic heterocycles. The predicted octanol–water partition coefficient (Wildman–Crippen LogP) is 2.84.